The van der Waals surface area contributed by atoms with E-state index in [-0.39, 0.29) is 10.6 Å². The number of piperazine rings is 1. The topological polar surface area (TPSA) is 122 Å². The largest absolute Gasteiger partial charge is 0.363 e. The van der Waals surface area contributed by atoms with Crippen molar-refractivity contribution in [2.75, 3.05) is 35.8 Å². The smallest absolute Gasteiger partial charge is 0.293 e. The minimum absolute atomic E-state index is 0.151. The molecule has 180 valence electrons. The monoisotopic (exact) mass is 485 g/mol. The molecule has 1 aromatic heterocycles. The second-order valence-corrected chi connectivity index (χ2v) is 10.2. The maximum atomic E-state index is 13.0. The molecule has 0 atom stereocenters. The van der Waals surface area contributed by atoms with Crippen molar-refractivity contribution in [1.82, 2.24) is 10.1 Å². The molecule has 0 amide bonds. The van der Waals surface area contributed by atoms with Gasteiger partial charge in [-0.25, -0.2) is 8.42 Å². The van der Waals surface area contributed by atoms with Gasteiger partial charge in [-0.1, -0.05) is 22.9 Å². The number of aryl methyl sites for hydroxylation is 3. The number of hydrogen-bond donors (Lipinski definition) is 1. The van der Waals surface area contributed by atoms with Crippen LogP contribution < -0.4 is 9.62 Å². The Kier molecular flexibility index (Phi) is 6.58. The molecular weight excluding hydrogens is 458 g/mol. The van der Waals surface area contributed by atoms with E-state index < -0.39 is 14.9 Å². The van der Waals surface area contributed by atoms with Crippen molar-refractivity contribution >= 4 is 27.1 Å². The Morgan fingerprint density at radius 2 is 1.79 bits per heavy atom. The van der Waals surface area contributed by atoms with Crippen LogP contribution in [0.15, 0.2) is 51.9 Å². The van der Waals surface area contributed by atoms with Gasteiger partial charge in [0.25, 0.3) is 15.7 Å². The first-order valence-corrected chi connectivity index (χ1v) is 12.4. The van der Waals surface area contributed by atoms with Gasteiger partial charge in [0.15, 0.2) is 5.76 Å². The quantitative estimate of drug-likeness (QED) is 0.398. The fourth-order valence-electron chi connectivity index (χ4n) is 4.07. The van der Waals surface area contributed by atoms with Crippen LogP contribution in [0.1, 0.15) is 22.6 Å². The summed E-state index contributed by atoms with van der Waals surface area (Å²) in [7, 11) is -3.99. The van der Waals surface area contributed by atoms with Crippen molar-refractivity contribution in [3.8, 4) is 0 Å². The van der Waals surface area contributed by atoms with E-state index in [0.717, 1.165) is 28.6 Å². The Labute approximate surface area is 198 Å². The molecule has 1 N–H and O–H groups in total. The van der Waals surface area contributed by atoms with E-state index in [1.807, 2.05) is 30.9 Å². The third-order valence-electron chi connectivity index (χ3n) is 5.85. The number of anilines is 2. The molecule has 10 nitrogen and oxygen atoms in total. The number of nitro groups is 1. The van der Waals surface area contributed by atoms with Crippen LogP contribution in [-0.4, -0.2) is 49.6 Å². The van der Waals surface area contributed by atoms with Gasteiger partial charge in [0, 0.05) is 38.3 Å². The van der Waals surface area contributed by atoms with Crippen LogP contribution in [0.4, 0.5) is 17.1 Å². The highest BCUT2D eigenvalue weighted by Gasteiger charge is 2.27. The minimum atomic E-state index is -3.99. The minimum Gasteiger partial charge on any atom is -0.363 e. The average Bonchev–Trinajstić information content (AvgIpc) is 3.20. The zero-order chi connectivity index (χ0) is 24.5. The summed E-state index contributed by atoms with van der Waals surface area (Å²) in [6, 6.07) is 11.3. The van der Waals surface area contributed by atoms with Crippen molar-refractivity contribution in [1.29, 1.82) is 0 Å². The highest BCUT2D eigenvalue weighted by molar-refractivity contribution is 7.92. The van der Waals surface area contributed by atoms with Crippen molar-refractivity contribution in [2.45, 2.75) is 32.2 Å². The number of nitrogens with zero attached hydrogens (tertiary/aromatic N) is 4. The van der Waals surface area contributed by atoms with Crippen molar-refractivity contribution < 1.29 is 17.9 Å². The van der Waals surface area contributed by atoms with E-state index in [0.29, 0.717) is 44.1 Å². The highest BCUT2D eigenvalue weighted by Crippen LogP contribution is 2.32. The Bertz CT molecular complexity index is 1310. The molecule has 3 aromatic rings. The first-order chi connectivity index (χ1) is 16.1. The van der Waals surface area contributed by atoms with Crippen molar-refractivity contribution in [2.24, 2.45) is 0 Å². The molecule has 1 aliphatic rings. The molecule has 0 radical (unpaired) electrons. The molecule has 1 fully saturated rings. The first kappa shape index (κ1) is 23.7. The number of aromatic nitrogens is 1. The van der Waals surface area contributed by atoms with Gasteiger partial charge in [-0.2, -0.15) is 0 Å². The van der Waals surface area contributed by atoms with Gasteiger partial charge in [-0.15, -0.1) is 0 Å². The summed E-state index contributed by atoms with van der Waals surface area (Å²) in [5.41, 5.74) is 3.22. The molecule has 2 heterocycles. The zero-order valence-corrected chi connectivity index (χ0v) is 20.1. The first-order valence-electron chi connectivity index (χ1n) is 10.9. The van der Waals surface area contributed by atoms with Crippen LogP contribution in [0.2, 0.25) is 0 Å². The molecule has 11 heteroatoms. The third kappa shape index (κ3) is 5.20. The lowest BCUT2D eigenvalue weighted by atomic mass is 10.1. The summed E-state index contributed by atoms with van der Waals surface area (Å²) in [4.78, 5) is 15.3. The average molecular weight is 486 g/mol. The fraction of sp³-hybridized carbons (Fsp3) is 0.348. The normalized spacial score (nSPS) is 14.9. The zero-order valence-electron chi connectivity index (χ0n) is 19.3. The molecule has 0 bridgehead atoms. The lowest BCUT2D eigenvalue weighted by Crippen LogP contribution is -2.46. The Morgan fingerprint density at radius 1 is 1.06 bits per heavy atom. The van der Waals surface area contributed by atoms with Crippen LogP contribution in [0, 0.1) is 30.9 Å². The Morgan fingerprint density at radius 3 is 2.41 bits per heavy atom. The summed E-state index contributed by atoms with van der Waals surface area (Å²) in [6.45, 7) is 8.73. The molecule has 0 aliphatic carbocycles. The lowest BCUT2D eigenvalue weighted by Gasteiger charge is -2.35. The Hall–Kier alpha value is -3.44. The van der Waals surface area contributed by atoms with Crippen LogP contribution in [0.25, 0.3) is 0 Å². The van der Waals surface area contributed by atoms with Crippen LogP contribution in [0.5, 0.6) is 0 Å². The molecule has 1 aliphatic heterocycles. The number of sulfonamides is 1. The molecule has 4 rings (SSSR count). The van der Waals surface area contributed by atoms with Gasteiger partial charge in [0.05, 0.1) is 27.7 Å². The Balaban J connectivity index is 1.51. The van der Waals surface area contributed by atoms with Gasteiger partial charge in [-0.05, 0) is 44.5 Å². The number of benzene rings is 2. The lowest BCUT2D eigenvalue weighted by molar-refractivity contribution is -0.384. The van der Waals surface area contributed by atoms with Crippen LogP contribution in [-0.2, 0) is 16.6 Å². The molecule has 0 saturated carbocycles. The SMILES string of the molecule is Cc1ccc(NS(=O)(=O)c2ccc(N3CCN(Cc4cc(C)no4)CC3)c([N+](=O)[O-])c2)c(C)c1. The number of nitro benzene ring substituents is 1. The van der Waals surface area contributed by atoms with Crippen LogP contribution in [0.3, 0.4) is 0 Å². The molecule has 2 aromatic carbocycles. The third-order valence-corrected chi connectivity index (χ3v) is 7.21. The van der Waals surface area contributed by atoms with E-state index in [4.69, 9.17) is 4.52 Å². The summed E-state index contributed by atoms with van der Waals surface area (Å²) in [5.74, 6) is 0.780. The van der Waals surface area contributed by atoms with Gasteiger partial charge in [0.2, 0.25) is 0 Å². The second kappa shape index (κ2) is 9.43. The van der Waals surface area contributed by atoms with E-state index in [1.165, 1.54) is 12.1 Å². The van der Waals surface area contributed by atoms with E-state index in [2.05, 4.69) is 14.8 Å². The highest BCUT2D eigenvalue weighted by atomic mass is 32.2. The predicted octanol–water partition coefficient (Wildman–Crippen LogP) is 3.63. The van der Waals surface area contributed by atoms with Crippen LogP contribution >= 0.6 is 0 Å². The van der Waals surface area contributed by atoms with Crippen molar-refractivity contribution in [3.05, 3.63) is 75.2 Å². The van der Waals surface area contributed by atoms with E-state index in [9.17, 15) is 18.5 Å². The summed E-state index contributed by atoms with van der Waals surface area (Å²) < 4.78 is 33.7. The number of rotatable bonds is 7. The second-order valence-electron chi connectivity index (χ2n) is 8.53. The molecule has 0 spiro atoms. The van der Waals surface area contributed by atoms with E-state index >= 15 is 0 Å². The number of hydrogen-bond acceptors (Lipinski definition) is 8. The van der Waals surface area contributed by atoms with Gasteiger partial charge in [-0.3, -0.25) is 19.7 Å². The van der Waals surface area contributed by atoms with E-state index in [1.54, 1.807) is 19.1 Å². The fourth-order valence-corrected chi connectivity index (χ4v) is 5.22. The van der Waals surface area contributed by atoms with Gasteiger partial charge >= 0.3 is 0 Å². The maximum absolute atomic E-state index is 13.0. The number of nitrogens with one attached hydrogen (secondary N) is 1. The molecule has 34 heavy (non-hydrogen) atoms. The summed E-state index contributed by atoms with van der Waals surface area (Å²) in [5, 5.41) is 15.7. The van der Waals surface area contributed by atoms with Gasteiger partial charge in [0.1, 0.15) is 5.69 Å². The molecular formula is C23H27N5O5S. The molecule has 0 unspecified atom stereocenters. The van der Waals surface area contributed by atoms with Crippen molar-refractivity contribution in [3.63, 3.8) is 0 Å². The predicted molar refractivity (Wildman–Crippen MR) is 129 cm³/mol. The summed E-state index contributed by atoms with van der Waals surface area (Å²) >= 11 is 0. The van der Waals surface area contributed by atoms with Gasteiger partial charge < -0.3 is 9.42 Å². The summed E-state index contributed by atoms with van der Waals surface area (Å²) in [6.07, 6.45) is 0. The standard InChI is InChI=1S/C23H27N5O5S/c1-16-4-6-21(17(2)12-16)25-34(31,32)20-5-7-22(23(14-20)28(29)30)27-10-8-26(9-11-27)15-19-13-18(3)24-33-19/h4-7,12-14,25H,8-11,15H2,1-3H3. The molecule has 1 saturated heterocycles. The maximum Gasteiger partial charge on any atom is 0.293 e.